The lowest BCUT2D eigenvalue weighted by Gasteiger charge is -2.14. The molecule has 1 amide bonds. The Morgan fingerprint density at radius 1 is 1.14 bits per heavy atom. The number of hydrogen-bond acceptors (Lipinski definition) is 1. The second-order valence-corrected chi connectivity index (χ2v) is 10.7. The minimum Gasteiger partial charge on any atom is -0.356 e. The second kappa shape index (κ2) is 7.04. The van der Waals surface area contributed by atoms with E-state index in [1.807, 2.05) is 6.92 Å². The minimum atomic E-state index is -0.833. The van der Waals surface area contributed by atoms with E-state index in [2.05, 4.69) is 25.0 Å². The molecule has 1 N–H and O–H groups in total. The van der Waals surface area contributed by atoms with Crippen molar-refractivity contribution in [2.45, 2.75) is 58.3 Å². The number of hydrogen-bond donors (Lipinski definition) is 1. The lowest BCUT2D eigenvalue weighted by molar-refractivity contribution is -0.120. The van der Waals surface area contributed by atoms with Gasteiger partial charge in [0.25, 0.3) is 0 Å². The third kappa shape index (κ3) is 9.77. The summed E-state index contributed by atoms with van der Waals surface area (Å²) in [7, 11) is -0.833. The maximum atomic E-state index is 10.9. The van der Waals surface area contributed by atoms with Gasteiger partial charge in [-0.15, -0.1) is 0 Å². The van der Waals surface area contributed by atoms with Gasteiger partial charge in [0.1, 0.15) is 0 Å². The topological polar surface area (TPSA) is 29.1 Å². The maximum Gasteiger partial charge on any atom is 0.219 e. The van der Waals surface area contributed by atoms with Crippen molar-refractivity contribution >= 4 is 14.0 Å². The van der Waals surface area contributed by atoms with Crippen molar-refractivity contribution < 1.29 is 4.79 Å². The van der Waals surface area contributed by atoms with Gasteiger partial charge in [-0.1, -0.05) is 45.5 Å². The molecule has 0 aromatic rings. The van der Waals surface area contributed by atoms with Crippen LogP contribution in [0.2, 0.25) is 25.7 Å². The van der Waals surface area contributed by atoms with E-state index in [9.17, 15) is 4.79 Å². The van der Waals surface area contributed by atoms with Crippen LogP contribution in [0.3, 0.4) is 0 Å². The van der Waals surface area contributed by atoms with Gasteiger partial charge >= 0.3 is 0 Å². The van der Waals surface area contributed by atoms with Gasteiger partial charge in [0.05, 0.1) is 0 Å². The molecule has 0 bridgehead atoms. The lowest BCUT2D eigenvalue weighted by Crippen LogP contribution is -2.23. The van der Waals surface area contributed by atoms with Crippen LogP contribution in [-0.2, 0) is 4.79 Å². The van der Waals surface area contributed by atoms with Crippen LogP contribution in [0.1, 0.15) is 32.6 Å². The first kappa shape index (κ1) is 13.7. The molecule has 0 spiro atoms. The summed E-state index contributed by atoms with van der Waals surface area (Å²) in [6.07, 6.45) is 4.33. The van der Waals surface area contributed by atoms with E-state index in [0.717, 1.165) is 13.0 Å². The third-order valence-corrected chi connectivity index (χ3v) is 4.10. The van der Waals surface area contributed by atoms with Gasteiger partial charge in [-0.25, -0.2) is 0 Å². The molecule has 0 fully saturated rings. The summed E-state index contributed by atoms with van der Waals surface area (Å²) in [5.41, 5.74) is 0. The van der Waals surface area contributed by atoms with Crippen LogP contribution in [0.4, 0.5) is 0 Å². The molecule has 0 saturated heterocycles. The van der Waals surface area contributed by atoms with Gasteiger partial charge in [0.15, 0.2) is 0 Å². The number of rotatable bonds is 7. The van der Waals surface area contributed by atoms with Crippen molar-refractivity contribution in [2.75, 3.05) is 6.54 Å². The van der Waals surface area contributed by atoms with E-state index in [1.54, 1.807) is 0 Å². The van der Waals surface area contributed by atoms with Crippen LogP contribution in [-0.4, -0.2) is 20.5 Å². The van der Waals surface area contributed by atoms with Crippen LogP contribution in [0.25, 0.3) is 0 Å². The average Bonchev–Trinajstić information content (AvgIpc) is 2.08. The smallest absolute Gasteiger partial charge is 0.219 e. The summed E-state index contributed by atoms with van der Waals surface area (Å²) in [5.74, 6) is 0.176. The van der Waals surface area contributed by atoms with Crippen molar-refractivity contribution in [1.29, 1.82) is 0 Å². The van der Waals surface area contributed by atoms with E-state index >= 15 is 0 Å². The highest BCUT2D eigenvalue weighted by Crippen LogP contribution is 2.13. The fourth-order valence-electron chi connectivity index (χ4n) is 1.31. The van der Waals surface area contributed by atoms with Crippen molar-refractivity contribution in [2.24, 2.45) is 0 Å². The van der Waals surface area contributed by atoms with E-state index in [4.69, 9.17) is 0 Å². The van der Waals surface area contributed by atoms with E-state index in [0.29, 0.717) is 6.42 Å². The van der Waals surface area contributed by atoms with Crippen LogP contribution in [0.15, 0.2) is 0 Å². The molecule has 0 aliphatic rings. The van der Waals surface area contributed by atoms with Crippen LogP contribution < -0.4 is 5.32 Å². The predicted molar refractivity (Wildman–Crippen MR) is 65.3 cm³/mol. The van der Waals surface area contributed by atoms with E-state index in [1.165, 1.54) is 18.9 Å². The standard InChI is InChI=1S/C11H25NOSi/c1-5-11(13)12-9-7-6-8-10-14(2,3)4/h5-10H2,1-4H3,(H,12,13). The molecule has 0 aromatic carbocycles. The molecule has 0 aliphatic carbocycles. The lowest BCUT2D eigenvalue weighted by atomic mass is 10.2. The zero-order valence-electron chi connectivity index (χ0n) is 10.2. The van der Waals surface area contributed by atoms with E-state index in [-0.39, 0.29) is 5.91 Å². The van der Waals surface area contributed by atoms with Gasteiger partial charge in [-0.2, -0.15) is 0 Å². The highest BCUT2D eigenvalue weighted by molar-refractivity contribution is 6.76. The Hall–Kier alpha value is -0.313. The van der Waals surface area contributed by atoms with Gasteiger partial charge in [0, 0.05) is 21.0 Å². The zero-order valence-corrected chi connectivity index (χ0v) is 11.2. The van der Waals surface area contributed by atoms with Crippen LogP contribution in [0.5, 0.6) is 0 Å². The van der Waals surface area contributed by atoms with Gasteiger partial charge in [-0.3, -0.25) is 4.79 Å². The highest BCUT2D eigenvalue weighted by Gasteiger charge is 2.11. The summed E-state index contributed by atoms with van der Waals surface area (Å²) in [6.45, 7) is 9.97. The summed E-state index contributed by atoms with van der Waals surface area (Å²) in [4.78, 5) is 10.9. The Bertz CT molecular complexity index is 163. The first-order valence-electron chi connectivity index (χ1n) is 5.72. The molecule has 3 heteroatoms. The predicted octanol–water partition coefficient (Wildman–Crippen LogP) is 3.02. The minimum absolute atomic E-state index is 0.176. The van der Waals surface area contributed by atoms with Crippen molar-refractivity contribution in [3.8, 4) is 0 Å². The van der Waals surface area contributed by atoms with Crippen molar-refractivity contribution in [3.05, 3.63) is 0 Å². The number of nitrogens with one attached hydrogen (secondary N) is 1. The average molecular weight is 215 g/mol. The van der Waals surface area contributed by atoms with Gasteiger partial charge < -0.3 is 5.32 Å². The SMILES string of the molecule is CCC(=O)NCCCCC[Si](C)(C)C. The maximum absolute atomic E-state index is 10.9. The van der Waals surface area contributed by atoms with E-state index < -0.39 is 8.07 Å². The monoisotopic (exact) mass is 215 g/mol. The largest absolute Gasteiger partial charge is 0.356 e. The molecule has 2 nitrogen and oxygen atoms in total. The fourth-order valence-corrected chi connectivity index (χ4v) is 2.62. The number of carbonyl (C=O) groups is 1. The van der Waals surface area contributed by atoms with Gasteiger partial charge in [0.2, 0.25) is 5.91 Å². The third-order valence-electron chi connectivity index (χ3n) is 2.25. The molecule has 84 valence electrons. The molecule has 0 unspecified atom stereocenters. The Morgan fingerprint density at radius 2 is 1.79 bits per heavy atom. The Morgan fingerprint density at radius 3 is 2.29 bits per heavy atom. The molecule has 0 atom stereocenters. The molecule has 0 radical (unpaired) electrons. The summed E-state index contributed by atoms with van der Waals surface area (Å²) < 4.78 is 0. The molecule has 0 saturated carbocycles. The first-order chi connectivity index (χ1) is 6.45. The van der Waals surface area contributed by atoms with Crippen molar-refractivity contribution in [3.63, 3.8) is 0 Å². The normalized spacial score (nSPS) is 11.4. The number of amides is 1. The first-order valence-corrected chi connectivity index (χ1v) is 9.43. The van der Waals surface area contributed by atoms with Crippen LogP contribution in [0, 0.1) is 0 Å². The molecular weight excluding hydrogens is 190 g/mol. The fraction of sp³-hybridized carbons (Fsp3) is 0.909. The highest BCUT2D eigenvalue weighted by atomic mass is 28.3. The second-order valence-electron chi connectivity index (χ2n) is 5.07. The molecule has 0 heterocycles. The number of carbonyl (C=O) groups excluding carboxylic acids is 1. The van der Waals surface area contributed by atoms with Gasteiger partial charge in [-0.05, 0) is 6.42 Å². The zero-order chi connectivity index (χ0) is 11.0. The van der Waals surface area contributed by atoms with Crippen molar-refractivity contribution in [1.82, 2.24) is 5.32 Å². The Balaban J connectivity index is 3.18. The molecular formula is C11H25NOSi. The summed E-state index contributed by atoms with van der Waals surface area (Å²) in [5, 5.41) is 2.90. The number of unbranched alkanes of at least 4 members (excludes halogenated alkanes) is 2. The molecule has 0 aliphatic heterocycles. The molecule has 0 aromatic heterocycles. The quantitative estimate of drug-likeness (QED) is 0.513. The van der Waals surface area contributed by atoms with Crippen LogP contribution >= 0.6 is 0 Å². The summed E-state index contributed by atoms with van der Waals surface area (Å²) >= 11 is 0. The summed E-state index contributed by atoms with van der Waals surface area (Å²) in [6, 6.07) is 1.41. The molecule has 0 rings (SSSR count). The Labute approximate surface area is 89.5 Å². The Kier molecular flexibility index (Phi) is 6.88. The molecule has 14 heavy (non-hydrogen) atoms.